The van der Waals surface area contributed by atoms with E-state index in [0.717, 1.165) is 12.3 Å². The molecule has 0 saturated carbocycles. The van der Waals surface area contributed by atoms with Crippen molar-refractivity contribution in [1.29, 1.82) is 0 Å². The molecule has 4 nitrogen and oxygen atoms in total. The van der Waals surface area contributed by atoms with Crippen molar-refractivity contribution in [2.24, 2.45) is 0 Å². The zero-order valence-electron chi connectivity index (χ0n) is 10.1. The Morgan fingerprint density at radius 3 is 2.11 bits per heavy atom. The summed E-state index contributed by atoms with van der Waals surface area (Å²) in [6.45, 7) is 0. The highest BCUT2D eigenvalue weighted by atomic mass is 32.2. The average molecular weight is 295 g/mol. The SMILES string of the molecule is CS(=O)(=O)c1[c]ccc(S(=O)(=O)c2ccccc2)c1. The number of sulfone groups is 2. The van der Waals surface area contributed by atoms with Gasteiger partial charge in [-0.3, -0.25) is 0 Å². The molecule has 1 radical (unpaired) electrons. The Hall–Kier alpha value is -1.66. The van der Waals surface area contributed by atoms with E-state index in [1.165, 1.54) is 24.3 Å². The molecule has 2 aromatic carbocycles. The van der Waals surface area contributed by atoms with Gasteiger partial charge in [-0.05, 0) is 24.3 Å². The molecule has 0 unspecified atom stereocenters. The van der Waals surface area contributed by atoms with Gasteiger partial charge in [-0.25, -0.2) is 16.8 Å². The van der Waals surface area contributed by atoms with Crippen molar-refractivity contribution in [3.05, 3.63) is 54.6 Å². The normalized spacial score (nSPS) is 12.3. The van der Waals surface area contributed by atoms with Gasteiger partial charge in [0.15, 0.2) is 9.84 Å². The summed E-state index contributed by atoms with van der Waals surface area (Å²) in [7, 11) is -7.19. The topological polar surface area (TPSA) is 68.3 Å². The van der Waals surface area contributed by atoms with E-state index in [1.54, 1.807) is 18.2 Å². The van der Waals surface area contributed by atoms with Gasteiger partial charge in [0.1, 0.15) is 0 Å². The Balaban J connectivity index is 2.61. The zero-order valence-corrected chi connectivity index (χ0v) is 11.7. The molecule has 0 atom stereocenters. The summed E-state index contributed by atoms with van der Waals surface area (Å²) in [5.74, 6) is 0. The molecular formula is C13H11O4S2. The van der Waals surface area contributed by atoms with E-state index in [0.29, 0.717) is 0 Å². The van der Waals surface area contributed by atoms with Gasteiger partial charge in [0, 0.05) is 12.3 Å². The average Bonchev–Trinajstić information content (AvgIpc) is 2.39. The second-order valence-corrected chi connectivity index (χ2v) is 7.91. The van der Waals surface area contributed by atoms with Crippen LogP contribution in [-0.2, 0) is 19.7 Å². The molecule has 99 valence electrons. The molecule has 0 N–H and O–H groups in total. The second-order valence-electron chi connectivity index (χ2n) is 3.98. The molecule has 0 aromatic heterocycles. The third-order valence-electron chi connectivity index (χ3n) is 2.51. The van der Waals surface area contributed by atoms with Crippen LogP contribution in [0.4, 0.5) is 0 Å². The van der Waals surface area contributed by atoms with E-state index in [4.69, 9.17) is 0 Å². The fourth-order valence-electron chi connectivity index (χ4n) is 1.54. The van der Waals surface area contributed by atoms with E-state index in [1.807, 2.05) is 0 Å². The molecule has 0 aliphatic carbocycles. The first-order chi connectivity index (χ1) is 8.82. The maximum absolute atomic E-state index is 12.3. The summed E-state index contributed by atoms with van der Waals surface area (Å²) < 4.78 is 47.5. The minimum Gasteiger partial charge on any atom is -0.224 e. The summed E-state index contributed by atoms with van der Waals surface area (Å²) >= 11 is 0. The van der Waals surface area contributed by atoms with Crippen LogP contribution in [0.2, 0.25) is 0 Å². The van der Waals surface area contributed by atoms with Gasteiger partial charge in [-0.1, -0.05) is 24.3 Å². The third kappa shape index (κ3) is 2.85. The summed E-state index contributed by atoms with van der Waals surface area (Å²) in [5, 5.41) is 0. The summed E-state index contributed by atoms with van der Waals surface area (Å²) in [4.78, 5) is -0.0666. The van der Waals surface area contributed by atoms with Crippen LogP contribution in [-0.4, -0.2) is 23.1 Å². The first-order valence-electron chi connectivity index (χ1n) is 5.34. The van der Waals surface area contributed by atoms with Gasteiger partial charge < -0.3 is 0 Å². The van der Waals surface area contributed by atoms with E-state index in [2.05, 4.69) is 6.07 Å². The molecule has 2 aromatic rings. The molecular weight excluding hydrogens is 284 g/mol. The maximum atomic E-state index is 12.3. The van der Waals surface area contributed by atoms with Crippen LogP contribution in [0.25, 0.3) is 0 Å². The lowest BCUT2D eigenvalue weighted by atomic mass is 10.4. The smallest absolute Gasteiger partial charge is 0.206 e. The van der Waals surface area contributed by atoms with E-state index >= 15 is 0 Å². The predicted octanol–water partition coefficient (Wildman–Crippen LogP) is 1.72. The van der Waals surface area contributed by atoms with Crippen molar-refractivity contribution >= 4 is 19.7 Å². The van der Waals surface area contributed by atoms with Crippen LogP contribution in [0.5, 0.6) is 0 Å². The minimum absolute atomic E-state index is 0.0575. The molecule has 0 spiro atoms. The van der Waals surface area contributed by atoms with Gasteiger partial charge in [0.05, 0.1) is 14.7 Å². The van der Waals surface area contributed by atoms with Crippen LogP contribution in [0, 0.1) is 6.07 Å². The van der Waals surface area contributed by atoms with Crippen molar-refractivity contribution < 1.29 is 16.8 Å². The van der Waals surface area contributed by atoms with Crippen LogP contribution < -0.4 is 0 Å². The highest BCUT2D eigenvalue weighted by Crippen LogP contribution is 2.22. The Morgan fingerprint density at radius 1 is 0.895 bits per heavy atom. The largest absolute Gasteiger partial charge is 0.224 e. The quantitative estimate of drug-likeness (QED) is 0.864. The second kappa shape index (κ2) is 4.79. The van der Waals surface area contributed by atoms with E-state index in [-0.39, 0.29) is 14.7 Å². The van der Waals surface area contributed by atoms with Crippen molar-refractivity contribution in [2.75, 3.05) is 6.26 Å². The molecule has 2 rings (SSSR count). The number of hydrogen-bond donors (Lipinski definition) is 0. The Morgan fingerprint density at radius 2 is 1.53 bits per heavy atom. The highest BCUT2D eigenvalue weighted by Gasteiger charge is 2.19. The first-order valence-corrected chi connectivity index (χ1v) is 8.71. The van der Waals surface area contributed by atoms with Crippen molar-refractivity contribution in [1.82, 2.24) is 0 Å². The third-order valence-corrected chi connectivity index (χ3v) is 5.31. The molecule has 0 fully saturated rings. The highest BCUT2D eigenvalue weighted by molar-refractivity contribution is 7.92. The van der Waals surface area contributed by atoms with E-state index in [9.17, 15) is 16.8 Å². The van der Waals surface area contributed by atoms with Crippen molar-refractivity contribution in [3.63, 3.8) is 0 Å². The van der Waals surface area contributed by atoms with Gasteiger partial charge in [-0.15, -0.1) is 0 Å². The molecule has 0 amide bonds. The molecule has 0 bridgehead atoms. The molecule has 19 heavy (non-hydrogen) atoms. The lowest BCUT2D eigenvalue weighted by Crippen LogP contribution is -2.04. The number of benzene rings is 2. The first kappa shape index (κ1) is 13.8. The maximum Gasteiger partial charge on any atom is 0.206 e. The number of rotatable bonds is 3. The van der Waals surface area contributed by atoms with Gasteiger partial charge in [0.2, 0.25) is 9.84 Å². The Labute approximate surface area is 112 Å². The Kier molecular flexibility index (Phi) is 3.47. The van der Waals surface area contributed by atoms with Crippen LogP contribution in [0.1, 0.15) is 0 Å². The number of hydrogen-bond acceptors (Lipinski definition) is 4. The standard InChI is InChI=1S/C13H11O4S2/c1-18(14,15)12-8-5-9-13(10-12)19(16,17)11-6-3-2-4-7-11/h2-7,9-10H,1H3. The van der Waals surface area contributed by atoms with Gasteiger partial charge >= 0.3 is 0 Å². The summed E-state index contributed by atoms with van der Waals surface area (Å²) in [6.07, 6.45) is 1.01. The molecule has 0 saturated heterocycles. The van der Waals surface area contributed by atoms with Crippen LogP contribution in [0.15, 0.2) is 63.2 Å². The molecule has 0 aliphatic rings. The lowest BCUT2D eigenvalue weighted by molar-refractivity contribution is 0.595. The minimum atomic E-state index is -3.71. The van der Waals surface area contributed by atoms with Crippen LogP contribution in [0.3, 0.4) is 0 Å². The Bertz CT molecular complexity index is 792. The summed E-state index contributed by atoms with van der Waals surface area (Å²) in [6, 6.07) is 14.1. The van der Waals surface area contributed by atoms with Gasteiger partial charge in [-0.2, -0.15) is 0 Å². The molecule has 6 heteroatoms. The van der Waals surface area contributed by atoms with Gasteiger partial charge in [0.25, 0.3) is 0 Å². The lowest BCUT2D eigenvalue weighted by Gasteiger charge is -2.05. The monoisotopic (exact) mass is 295 g/mol. The molecule has 0 aliphatic heterocycles. The van der Waals surface area contributed by atoms with Crippen molar-refractivity contribution in [2.45, 2.75) is 14.7 Å². The fraction of sp³-hybridized carbons (Fsp3) is 0.0769. The zero-order chi connectivity index (χ0) is 14.1. The molecule has 0 heterocycles. The fourth-order valence-corrected chi connectivity index (χ4v) is 3.55. The van der Waals surface area contributed by atoms with Crippen LogP contribution >= 0.6 is 0 Å². The summed E-state index contributed by atoms with van der Waals surface area (Å²) in [5.41, 5.74) is 0. The predicted molar refractivity (Wildman–Crippen MR) is 70.3 cm³/mol. The van der Waals surface area contributed by atoms with Crippen molar-refractivity contribution in [3.8, 4) is 0 Å². The van der Waals surface area contributed by atoms with E-state index < -0.39 is 19.7 Å².